The number of oxazole rings is 1. The number of aromatic nitrogens is 1. The number of benzene rings is 2. The fourth-order valence-electron chi connectivity index (χ4n) is 4.30. The lowest BCUT2D eigenvalue weighted by molar-refractivity contribution is 0.0933. The van der Waals surface area contributed by atoms with Gasteiger partial charge in [0.25, 0.3) is 5.91 Å². The van der Waals surface area contributed by atoms with Gasteiger partial charge in [0.1, 0.15) is 11.8 Å². The van der Waals surface area contributed by atoms with Crippen molar-refractivity contribution in [3.05, 3.63) is 42.3 Å². The van der Waals surface area contributed by atoms with Crippen molar-refractivity contribution in [3.8, 4) is 17.2 Å². The normalized spacial score (nSPS) is 14.7. The number of furan rings is 1. The molecule has 9 nitrogen and oxygen atoms in total. The van der Waals surface area contributed by atoms with E-state index in [4.69, 9.17) is 13.6 Å². The van der Waals surface area contributed by atoms with Gasteiger partial charge in [-0.3, -0.25) is 9.52 Å². The second-order valence-electron chi connectivity index (χ2n) is 8.20. The van der Waals surface area contributed by atoms with Crippen LogP contribution in [0.15, 0.2) is 45.4 Å². The van der Waals surface area contributed by atoms with E-state index in [0.717, 1.165) is 31.9 Å². The molecule has 1 amide bonds. The number of amides is 1. The van der Waals surface area contributed by atoms with Gasteiger partial charge in [0.15, 0.2) is 17.0 Å². The Balaban J connectivity index is 1.60. The second-order valence-corrected chi connectivity index (χ2v) is 9.95. The molecule has 33 heavy (non-hydrogen) atoms. The number of carbonyl (C=O) groups excluding carboxylic acids is 1. The fraction of sp³-hybridized carbons (Fsp3) is 0.304. The molecule has 2 heterocycles. The molecular weight excluding hydrogens is 446 g/mol. The van der Waals surface area contributed by atoms with Gasteiger partial charge in [-0.25, -0.2) is 13.4 Å². The van der Waals surface area contributed by atoms with Crippen molar-refractivity contribution in [2.75, 3.05) is 18.1 Å². The Kier molecular flexibility index (Phi) is 5.24. The highest BCUT2D eigenvalue weighted by Crippen LogP contribution is 2.41. The molecule has 1 aliphatic carbocycles. The minimum Gasteiger partial charge on any atom is -0.493 e. The lowest BCUT2D eigenvalue weighted by atomic mass is 10.1. The van der Waals surface area contributed by atoms with E-state index >= 15 is 0 Å². The number of hydrogen-bond donors (Lipinski definition) is 2. The molecule has 0 unspecified atom stereocenters. The Labute approximate surface area is 190 Å². The highest BCUT2D eigenvalue weighted by molar-refractivity contribution is 7.92. The number of carbonyl (C=O) groups is 1. The maximum atomic E-state index is 12.6. The molecule has 4 aromatic rings. The number of anilines is 1. The van der Waals surface area contributed by atoms with Crippen LogP contribution in [-0.2, 0) is 10.0 Å². The third kappa shape index (κ3) is 4.13. The van der Waals surface area contributed by atoms with Gasteiger partial charge < -0.3 is 18.9 Å². The third-order valence-electron chi connectivity index (χ3n) is 5.76. The van der Waals surface area contributed by atoms with Crippen LogP contribution in [0.4, 0.5) is 5.69 Å². The zero-order valence-electron chi connectivity index (χ0n) is 18.2. The molecule has 0 atom stereocenters. The van der Waals surface area contributed by atoms with Gasteiger partial charge >= 0.3 is 0 Å². The number of sulfonamides is 1. The number of rotatable bonds is 6. The van der Waals surface area contributed by atoms with E-state index in [1.165, 1.54) is 13.4 Å². The number of nitrogens with zero attached hydrogens (tertiary/aromatic N) is 1. The number of ether oxygens (including phenoxy) is 1. The minimum atomic E-state index is -3.45. The topological polar surface area (TPSA) is 124 Å². The van der Waals surface area contributed by atoms with E-state index in [9.17, 15) is 13.2 Å². The zero-order valence-corrected chi connectivity index (χ0v) is 19.0. The quantitative estimate of drug-likeness (QED) is 0.432. The molecule has 1 aliphatic rings. The molecule has 0 aliphatic heterocycles. The summed E-state index contributed by atoms with van der Waals surface area (Å²) in [5.74, 6) is 0.495. The average molecular weight is 470 g/mol. The summed E-state index contributed by atoms with van der Waals surface area (Å²) in [4.78, 5) is 17.0. The Hall–Kier alpha value is -3.53. The monoisotopic (exact) mass is 469 g/mol. The first-order valence-corrected chi connectivity index (χ1v) is 12.5. The predicted octanol–water partition coefficient (Wildman–Crippen LogP) is 4.29. The lowest BCUT2D eigenvalue weighted by Crippen LogP contribution is -2.32. The van der Waals surface area contributed by atoms with Gasteiger partial charge in [-0.2, -0.15) is 0 Å². The molecule has 0 bridgehead atoms. The van der Waals surface area contributed by atoms with Gasteiger partial charge in [-0.05, 0) is 43.2 Å². The molecule has 0 radical (unpaired) electrons. The molecule has 10 heteroatoms. The molecule has 2 aromatic heterocycles. The Morgan fingerprint density at radius 2 is 1.97 bits per heavy atom. The van der Waals surface area contributed by atoms with Crippen molar-refractivity contribution in [2.45, 2.75) is 31.7 Å². The van der Waals surface area contributed by atoms with Gasteiger partial charge in [-0.1, -0.05) is 12.8 Å². The third-order valence-corrected chi connectivity index (χ3v) is 6.37. The van der Waals surface area contributed by atoms with Gasteiger partial charge in [-0.15, -0.1) is 0 Å². The first kappa shape index (κ1) is 21.3. The molecule has 0 spiro atoms. The standard InChI is InChI=1S/C23H23N3O6S/c1-30-19-10-8-15(23-25-17(12-31-23)22(27)24-13-5-3-4-6-13)20-16-11-14(26-33(2,28)29)7-9-18(16)32-21(19)20/h7-13,26H,3-6H2,1-2H3,(H,24,27). The van der Waals surface area contributed by atoms with Crippen molar-refractivity contribution < 1.29 is 26.8 Å². The molecule has 2 aromatic carbocycles. The van der Waals surface area contributed by atoms with Crippen LogP contribution in [-0.4, -0.2) is 38.7 Å². The summed E-state index contributed by atoms with van der Waals surface area (Å²) < 4.78 is 43.0. The average Bonchev–Trinajstić information content (AvgIpc) is 3.51. The molecule has 0 saturated heterocycles. The number of nitrogens with one attached hydrogen (secondary N) is 2. The van der Waals surface area contributed by atoms with Crippen molar-refractivity contribution in [2.24, 2.45) is 0 Å². The summed E-state index contributed by atoms with van der Waals surface area (Å²) in [6.07, 6.45) is 6.60. The van der Waals surface area contributed by atoms with Crippen LogP contribution in [0.25, 0.3) is 33.4 Å². The largest absolute Gasteiger partial charge is 0.493 e. The Morgan fingerprint density at radius 3 is 2.70 bits per heavy atom. The second kappa shape index (κ2) is 8.11. The summed E-state index contributed by atoms with van der Waals surface area (Å²) in [6, 6.07) is 8.66. The van der Waals surface area contributed by atoms with Gasteiger partial charge in [0, 0.05) is 28.1 Å². The van der Waals surface area contributed by atoms with Gasteiger partial charge in [0.2, 0.25) is 15.9 Å². The van der Waals surface area contributed by atoms with Crippen molar-refractivity contribution >= 4 is 43.6 Å². The molecule has 1 fully saturated rings. The van der Waals surface area contributed by atoms with Crippen molar-refractivity contribution in [3.63, 3.8) is 0 Å². The molecule has 172 valence electrons. The first-order chi connectivity index (χ1) is 15.8. The van der Waals surface area contributed by atoms with Crippen LogP contribution in [0.2, 0.25) is 0 Å². The number of hydrogen-bond acceptors (Lipinski definition) is 7. The highest BCUT2D eigenvalue weighted by Gasteiger charge is 2.23. The molecule has 5 rings (SSSR count). The fourth-order valence-corrected chi connectivity index (χ4v) is 4.86. The van der Waals surface area contributed by atoms with Crippen LogP contribution in [0, 0.1) is 0 Å². The van der Waals surface area contributed by atoms with E-state index in [1.54, 1.807) is 30.3 Å². The van der Waals surface area contributed by atoms with Crippen LogP contribution in [0.1, 0.15) is 36.2 Å². The molecule has 2 N–H and O–H groups in total. The summed E-state index contributed by atoms with van der Waals surface area (Å²) >= 11 is 0. The summed E-state index contributed by atoms with van der Waals surface area (Å²) in [7, 11) is -1.92. The van der Waals surface area contributed by atoms with Crippen molar-refractivity contribution in [1.82, 2.24) is 10.3 Å². The number of fused-ring (bicyclic) bond motifs is 3. The van der Waals surface area contributed by atoms with E-state index in [2.05, 4.69) is 15.0 Å². The van der Waals surface area contributed by atoms with Crippen LogP contribution in [0.3, 0.4) is 0 Å². The lowest BCUT2D eigenvalue weighted by Gasteiger charge is -2.09. The Bertz CT molecular complexity index is 1460. The van der Waals surface area contributed by atoms with E-state index < -0.39 is 10.0 Å². The first-order valence-electron chi connectivity index (χ1n) is 10.6. The van der Waals surface area contributed by atoms with Crippen LogP contribution < -0.4 is 14.8 Å². The molecular formula is C23H23N3O6S. The van der Waals surface area contributed by atoms with Crippen LogP contribution in [0.5, 0.6) is 5.75 Å². The Morgan fingerprint density at radius 1 is 1.18 bits per heavy atom. The van der Waals surface area contributed by atoms with Crippen LogP contribution >= 0.6 is 0 Å². The van der Waals surface area contributed by atoms with Crippen molar-refractivity contribution in [1.29, 1.82) is 0 Å². The minimum absolute atomic E-state index is 0.170. The SMILES string of the molecule is COc1ccc(-c2nc(C(=O)NC3CCCC3)co2)c2c1oc1ccc(NS(C)(=O)=O)cc12. The van der Waals surface area contributed by atoms with E-state index in [-0.39, 0.29) is 23.5 Å². The predicted molar refractivity (Wildman–Crippen MR) is 124 cm³/mol. The summed E-state index contributed by atoms with van der Waals surface area (Å²) in [5.41, 5.74) is 2.21. The van der Waals surface area contributed by atoms with Gasteiger partial charge in [0.05, 0.1) is 13.4 Å². The maximum Gasteiger partial charge on any atom is 0.273 e. The smallest absolute Gasteiger partial charge is 0.273 e. The number of methoxy groups -OCH3 is 1. The van der Waals surface area contributed by atoms with E-state index in [0.29, 0.717) is 38.9 Å². The molecule has 1 saturated carbocycles. The van der Waals surface area contributed by atoms with E-state index in [1.807, 2.05) is 0 Å². The zero-order chi connectivity index (χ0) is 23.2. The maximum absolute atomic E-state index is 12.6. The summed E-state index contributed by atoms with van der Waals surface area (Å²) in [5, 5.41) is 4.30. The highest BCUT2D eigenvalue weighted by atomic mass is 32.2. The summed E-state index contributed by atoms with van der Waals surface area (Å²) in [6.45, 7) is 0.